The Kier molecular flexibility index (Phi) is 11.3. The minimum atomic E-state index is -0.610. The van der Waals surface area contributed by atoms with Gasteiger partial charge in [-0.2, -0.15) is 0 Å². The van der Waals surface area contributed by atoms with E-state index in [1.165, 1.54) is 6.42 Å². The molecule has 4 rings (SSSR count). The Hall–Kier alpha value is -3.26. The van der Waals surface area contributed by atoms with Gasteiger partial charge in [0.1, 0.15) is 12.1 Å². The fourth-order valence-electron chi connectivity index (χ4n) is 6.21. The van der Waals surface area contributed by atoms with Crippen molar-refractivity contribution in [1.82, 2.24) is 4.90 Å². The maximum absolute atomic E-state index is 14.5. The van der Waals surface area contributed by atoms with Gasteiger partial charge in [-0.3, -0.25) is 4.79 Å². The van der Waals surface area contributed by atoms with Gasteiger partial charge in [-0.1, -0.05) is 49.6 Å². The summed E-state index contributed by atoms with van der Waals surface area (Å²) in [4.78, 5) is 29.7. The average Bonchev–Trinajstić information content (AvgIpc) is 3.01. The van der Waals surface area contributed by atoms with E-state index >= 15 is 0 Å². The van der Waals surface area contributed by atoms with E-state index in [-0.39, 0.29) is 24.4 Å². The minimum Gasteiger partial charge on any atom is -0.493 e. The summed E-state index contributed by atoms with van der Waals surface area (Å²) in [6.07, 6.45) is 7.19. The van der Waals surface area contributed by atoms with Gasteiger partial charge in [0.15, 0.2) is 11.5 Å². The number of carbonyl (C=O) groups excluding carboxylic acids is 2. The lowest BCUT2D eigenvalue weighted by molar-refractivity contribution is -0.164. The molecule has 0 radical (unpaired) electrons. The summed E-state index contributed by atoms with van der Waals surface area (Å²) in [6.45, 7) is 3.11. The highest BCUT2D eigenvalue weighted by Gasteiger charge is 2.41. The van der Waals surface area contributed by atoms with E-state index in [2.05, 4.69) is 0 Å². The molecule has 1 amide bonds. The molecule has 8 nitrogen and oxygen atoms in total. The minimum absolute atomic E-state index is 0.0270. The van der Waals surface area contributed by atoms with Crippen molar-refractivity contribution in [3.05, 3.63) is 53.6 Å². The lowest BCUT2D eigenvalue weighted by Gasteiger charge is -2.39. The number of ether oxygens (including phenoxy) is 5. The fourth-order valence-corrected chi connectivity index (χ4v) is 6.21. The molecule has 41 heavy (non-hydrogen) atoms. The molecule has 0 aromatic heterocycles. The molecule has 2 aromatic rings. The van der Waals surface area contributed by atoms with Crippen LogP contribution in [-0.4, -0.2) is 63.4 Å². The van der Waals surface area contributed by atoms with Gasteiger partial charge in [-0.25, -0.2) is 4.79 Å². The molecule has 2 aliphatic rings. The van der Waals surface area contributed by atoms with Crippen LogP contribution in [0.25, 0.3) is 0 Å². The van der Waals surface area contributed by atoms with Gasteiger partial charge in [0.05, 0.1) is 40.5 Å². The molecule has 1 aliphatic carbocycles. The van der Waals surface area contributed by atoms with Crippen LogP contribution in [0.3, 0.4) is 0 Å². The molecule has 2 aromatic carbocycles. The first kappa shape index (κ1) is 30.7. The Labute approximate surface area is 244 Å². The van der Waals surface area contributed by atoms with E-state index in [1.54, 1.807) is 26.2 Å². The van der Waals surface area contributed by atoms with Crippen molar-refractivity contribution >= 4 is 11.9 Å². The highest BCUT2D eigenvalue weighted by molar-refractivity contribution is 5.89. The van der Waals surface area contributed by atoms with Crippen LogP contribution >= 0.6 is 0 Å². The third-order valence-corrected chi connectivity index (χ3v) is 8.27. The van der Waals surface area contributed by atoms with Crippen LogP contribution < -0.4 is 14.2 Å². The predicted octanol–water partition coefficient (Wildman–Crippen LogP) is 5.91. The standard InChI is InChI=1S/C33H45NO7/c1-23(21-40-22-24-13-7-5-8-14-24)41-33(36)27-17-11-12-18-34(27)32(35)30(25-15-9-6-10-16-25)26-19-28(37-2)31(39-4)29(20-26)38-3/h5,7-8,13-14,19-20,23,25,27,30H,6,9-12,15-18,21-22H2,1-4H3. The first-order valence-electron chi connectivity index (χ1n) is 14.9. The highest BCUT2D eigenvalue weighted by atomic mass is 16.6. The molecule has 1 saturated carbocycles. The molecule has 0 spiro atoms. The molecular weight excluding hydrogens is 522 g/mol. The van der Waals surface area contributed by atoms with Gasteiger partial charge in [0, 0.05) is 6.54 Å². The maximum Gasteiger partial charge on any atom is 0.329 e. The van der Waals surface area contributed by atoms with Crippen molar-refractivity contribution in [2.24, 2.45) is 5.92 Å². The third-order valence-electron chi connectivity index (χ3n) is 8.27. The van der Waals surface area contributed by atoms with Gasteiger partial charge in [0.25, 0.3) is 0 Å². The zero-order valence-electron chi connectivity index (χ0n) is 24.9. The summed E-state index contributed by atoms with van der Waals surface area (Å²) >= 11 is 0. The lowest BCUT2D eigenvalue weighted by atomic mass is 9.75. The third kappa shape index (κ3) is 7.73. The number of carbonyl (C=O) groups is 2. The maximum atomic E-state index is 14.5. The molecule has 8 heteroatoms. The van der Waals surface area contributed by atoms with Crippen molar-refractivity contribution in [3.8, 4) is 17.2 Å². The largest absolute Gasteiger partial charge is 0.493 e. The van der Waals surface area contributed by atoms with Crippen LogP contribution in [0.4, 0.5) is 0 Å². The quantitative estimate of drug-likeness (QED) is 0.295. The average molecular weight is 568 g/mol. The number of piperidine rings is 1. The second-order valence-electron chi connectivity index (χ2n) is 11.1. The molecular formula is C33H45NO7. The summed E-state index contributed by atoms with van der Waals surface area (Å²) in [5, 5.41) is 0. The van der Waals surface area contributed by atoms with Crippen LogP contribution in [0.2, 0.25) is 0 Å². The SMILES string of the molecule is COc1cc(C(C(=O)N2CCCCC2C(=O)OC(C)COCc2ccccc2)C2CCCCC2)cc(OC)c1OC. The van der Waals surface area contributed by atoms with Crippen LogP contribution in [0, 0.1) is 5.92 Å². The number of hydrogen-bond donors (Lipinski definition) is 0. The van der Waals surface area contributed by atoms with Gasteiger partial charge in [-0.05, 0) is 68.2 Å². The predicted molar refractivity (Wildman–Crippen MR) is 156 cm³/mol. The van der Waals surface area contributed by atoms with Crippen molar-refractivity contribution in [1.29, 1.82) is 0 Å². The molecule has 224 valence electrons. The monoisotopic (exact) mass is 567 g/mol. The van der Waals surface area contributed by atoms with Crippen molar-refractivity contribution in [3.63, 3.8) is 0 Å². The fraction of sp³-hybridized carbons (Fsp3) is 0.576. The normalized spacial score (nSPS) is 19.2. The Balaban J connectivity index is 1.52. The number of benzene rings is 2. The van der Waals surface area contributed by atoms with Crippen molar-refractivity contribution in [2.75, 3.05) is 34.5 Å². The van der Waals surface area contributed by atoms with Crippen LogP contribution in [0.15, 0.2) is 42.5 Å². The van der Waals surface area contributed by atoms with E-state index in [0.29, 0.717) is 36.8 Å². The molecule has 3 unspecified atom stereocenters. The Morgan fingerprint density at radius 3 is 2.17 bits per heavy atom. The second-order valence-corrected chi connectivity index (χ2v) is 11.1. The van der Waals surface area contributed by atoms with Crippen LogP contribution in [-0.2, 0) is 25.7 Å². The number of amides is 1. The van der Waals surface area contributed by atoms with E-state index in [9.17, 15) is 9.59 Å². The molecule has 2 fully saturated rings. The number of rotatable bonds is 12. The van der Waals surface area contributed by atoms with Crippen molar-refractivity contribution < 1.29 is 33.3 Å². The number of hydrogen-bond acceptors (Lipinski definition) is 7. The zero-order valence-corrected chi connectivity index (χ0v) is 24.9. The molecule has 1 heterocycles. The molecule has 0 bridgehead atoms. The zero-order chi connectivity index (χ0) is 29.2. The summed E-state index contributed by atoms with van der Waals surface area (Å²) in [6, 6.07) is 13.1. The van der Waals surface area contributed by atoms with Gasteiger partial charge in [0.2, 0.25) is 11.7 Å². The topological polar surface area (TPSA) is 83.5 Å². The van der Waals surface area contributed by atoms with Crippen LogP contribution in [0.5, 0.6) is 17.2 Å². The van der Waals surface area contributed by atoms with Gasteiger partial charge >= 0.3 is 5.97 Å². The lowest BCUT2D eigenvalue weighted by Crippen LogP contribution is -2.51. The number of methoxy groups -OCH3 is 3. The number of nitrogens with zero attached hydrogens (tertiary/aromatic N) is 1. The second kappa shape index (κ2) is 15.1. The van der Waals surface area contributed by atoms with Crippen LogP contribution in [0.1, 0.15) is 75.3 Å². The van der Waals surface area contributed by atoms with Crippen molar-refractivity contribution in [2.45, 2.75) is 83.0 Å². The molecule has 3 atom stereocenters. The number of likely N-dealkylation sites (tertiary alicyclic amines) is 1. The summed E-state index contributed by atoms with van der Waals surface area (Å²) in [5.41, 5.74) is 1.90. The van der Waals surface area contributed by atoms with E-state index in [1.807, 2.05) is 49.4 Å². The first-order chi connectivity index (χ1) is 20.0. The molecule has 0 N–H and O–H groups in total. The first-order valence-corrected chi connectivity index (χ1v) is 14.9. The Morgan fingerprint density at radius 1 is 0.878 bits per heavy atom. The summed E-state index contributed by atoms with van der Waals surface area (Å²) in [5.74, 6) is 0.911. The van der Waals surface area contributed by atoms with E-state index in [0.717, 1.165) is 49.7 Å². The summed E-state index contributed by atoms with van der Waals surface area (Å²) in [7, 11) is 4.74. The van der Waals surface area contributed by atoms with E-state index < -0.39 is 18.1 Å². The molecule has 1 aliphatic heterocycles. The Morgan fingerprint density at radius 2 is 1.54 bits per heavy atom. The molecule has 1 saturated heterocycles. The smallest absolute Gasteiger partial charge is 0.329 e. The van der Waals surface area contributed by atoms with E-state index in [4.69, 9.17) is 23.7 Å². The van der Waals surface area contributed by atoms with Gasteiger partial charge in [-0.15, -0.1) is 0 Å². The highest BCUT2D eigenvalue weighted by Crippen LogP contribution is 2.45. The summed E-state index contributed by atoms with van der Waals surface area (Å²) < 4.78 is 28.4. The van der Waals surface area contributed by atoms with Gasteiger partial charge < -0.3 is 28.6 Å². The Bertz CT molecular complexity index is 1110. The number of esters is 1.